The van der Waals surface area contributed by atoms with E-state index in [0.717, 1.165) is 39.6 Å². The topological polar surface area (TPSA) is 18.8 Å². The second-order valence-corrected chi connectivity index (χ2v) is 13.4. The Balaban J connectivity index is 1.19. The highest BCUT2D eigenvalue weighted by Gasteiger charge is 2.13. The number of hydrogen-bond acceptors (Lipinski definition) is 3. The van der Waals surface area contributed by atoms with Crippen LogP contribution in [0.2, 0.25) is 0 Å². The van der Waals surface area contributed by atoms with Gasteiger partial charge in [0, 0.05) is 17.1 Å². The summed E-state index contributed by atoms with van der Waals surface area (Å²) in [6.07, 6.45) is 4.22. The van der Waals surface area contributed by atoms with Crippen LogP contribution in [0.3, 0.4) is 0 Å². The van der Waals surface area contributed by atoms with Crippen molar-refractivity contribution in [2.24, 2.45) is 5.10 Å². The summed E-state index contributed by atoms with van der Waals surface area (Å²) in [6.45, 7) is 8.46. The Hall–Kier alpha value is -6.45. The van der Waals surface area contributed by atoms with Gasteiger partial charge in [-0.15, -0.1) is 0 Å². The zero-order valence-corrected chi connectivity index (χ0v) is 30.2. The molecule has 0 bridgehead atoms. The van der Waals surface area contributed by atoms with Crippen molar-refractivity contribution in [2.45, 2.75) is 27.7 Å². The Morgan fingerprint density at radius 3 is 1.19 bits per heavy atom. The van der Waals surface area contributed by atoms with Crippen LogP contribution in [-0.2, 0) is 0 Å². The van der Waals surface area contributed by atoms with Crippen molar-refractivity contribution >= 4 is 46.3 Å². The normalized spacial score (nSPS) is 11.0. The van der Waals surface area contributed by atoms with Gasteiger partial charge >= 0.3 is 0 Å². The molecule has 0 aliphatic rings. The minimum Gasteiger partial charge on any atom is -0.311 e. The van der Waals surface area contributed by atoms with Gasteiger partial charge in [0.25, 0.3) is 0 Å². The molecule has 3 nitrogen and oxygen atoms in total. The Morgan fingerprint density at radius 2 is 0.750 bits per heavy atom. The molecule has 254 valence electrons. The smallest absolute Gasteiger partial charge is 0.0652 e. The van der Waals surface area contributed by atoms with Crippen LogP contribution in [0.15, 0.2) is 181 Å². The van der Waals surface area contributed by atoms with Gasteiger partial charge in [0.1, 0.15) is 0 Å². The van der Waals surface area contributed by atoms with Gasteiger partial charge in [0.05, 0.1) is 17.6 Å². The van der Waals surface area contributed by atoms with Crippen LogP contribution >= 0.6 is 0 Å². The Kier molecular flexibility index (Phi) is 10.2. The molecule has 0 atom stereocenters. The average molecular weight is 674 g/mol. The molecular weight excluding hydrogens is 631 g/mol. The van der Waals surface area contributed by atoms with Crippen LogP contribution in [0.1, 0.15) is 44.5 Å². The van der Waals surface area contributed by atoms with Gasteiger partial charge in [-0.05, 0) is 122 Å². The quantitative estimate of drug-likeness (QED) is 0.0817. The SMILES string of the molecule is Cc1ccc(C(=Cc2ccc(N(c3ccccc3)c3ccc(C=NN(c4ccc(C)cc4)c4ccc(C)cc4)cc3)cc2)c2ccc(C)cc2)cc1. The fraction of sp³-hybridized carbons (Fsp3) is 0.0816. The summed E-state index contributed by atoms with van der Waals surface area (Å²) in [5.41, 5.74) is 16.0. The summed E-state index contributed by atoms with van der Waals surface area (Å²) in [7, 11) is 0. The van der Waals surface area contributed by atoms with Gasteiger partial charge in [-0.1, -0.05) is 138 Å². The highest BCUT2D eigenvalue weighted by Crippen LogP contribution is 2.35. The maximum absolute atomic E-state index is 4.96. The number of para-hydroxylation sites is 1. The molecule has 7 aromatic rings. The van der Waals surface area contributed by atoms with Gasteiger partial charge < -0.3 is 4.90 Å². The minimum absolute atomic E-state index is 1.01. The first kappa shape index (κ1) is 34.0. The Bertz CT molecular complexity index is 2170. The summed E-state index contributed by atoms with van der Waals surface area (Å²) >= 11 is 0. The van der Waals surface area contributed by atoms with Crippen molar-refractivity contribution in [3.63, 3.8) is 0 Å². The fourth-order valence-corrected chi connectivity index (χ4v) is 6.20. The lowest BCUT2D eigenvalue weighted by Gasteiger charge is -2.25. The van der Waals surface area contributed by atoms with Crippen molar-refractivity contribution in [1.29, 1.82) is 0 Å². The number of aryl methyl sites for hydroxylation is 4. The maximum Gasteiger partial charge on any atom is 0.0652 e. The lowest BCUT2D eigenvalue weighted by atomic mass is 9.94. The van der Waals surface area contributed by atoms with Crippen molar-refractivity contribution in [2.75, 3.05) is 9.91 Å². The molecule has 0 amide bonds. The monoisotopic (exact) mass is 673 g/mol. The predicted octanol–water partition coefficient (Wildman–Crippen LogP) is 13.2. The lowest BCUT2D eigenvalue weighted by molar-refractivity contribution is 1.09. The molecule has 0 radical (unpaired) electrons. The summed E-state index contributed by atoms with van der Waals surface area (Å²) in [5, 5.41) is 6.95. The van der Waals surface area contributed by atoms with Crippen LogP contribution in [0, 0.1) is 27.7 Å². The molecule has 0 unspecified atom stereocenters. The van der Waals surface area contributed by atoms with Crippen LogP contribution in [0.25, 0.3) is 11.6 Å². The maximum atomic E-state index is 4.96. The second-order valence-electron chi connectivity index (χ2n) is 13.4. The van der Waals surface area contributed by atoms with Gasteiger partial charge in [-0.3, -0.25) is 0 Å². The molecule has 0 saturated heterocycles. The van der Waals surface area contributed by atoms with Crippen molar-refractivity contribution in [3.8, 4) is 0 Å². The second kappa shape index (κ2) is 15.6. The molecule has 0 N–H and O–H groups in total. The van der Waals surface area contributed by atoms with E-state index in [-0.39, 0.29) is 0 Å². The standard InChI is InChI=1S/C49H43N3/c1-36-10-22-42(23-11-36)49(43-24-12-37(2)13-25-43)34-40-18-30-45(31-19-40)51(44-8-6-5-7-9-44)46-32-20-41(21-33-46)35-50-52(47-26-14-38(3)15-27-47)48-28-16-39(4)17-29-48/h5-35H,1-4H3. The molecule has 0 fully saturated rings. The van der Waals surface area contributed by atoms with E-state index >= 15 is 0 Å². The van der Waals surface area contributed by atoms with E-state index in [4.69, 9.17) is 5.10 Å². The molecule has 7 rings (SSSR count). The van der Waals surface area contributed by atoms with E-state index < -0.39 is 0 Å². The zero-order valence-electron chi connectivity index (χ0n) is 30.2. The zero-order chi connectivity index (χ0) is 35.9. The van der Waals surface area contributed by atoms with Crippen molar-refractivity contribution in [1.82, 2.24) is 0 Å². The van der Waals surface area contributed by atoms with Crippen molar-refractivity contribution in [3.05, 3.63) is 220 Å². The molecular formula is C49H43N3. The third-order valence-corrected chi connectivity index (χ3v) is 9.23. The first-order valence-electron chi connectivity index (χ1n) is 17.8. The third-order valence-electron chi connectivity index (χ3n) is 9.23. The third kappa shape index (κ3) is 8.12. The Morgan fingerprint density at radius 1 is 0.385 bits per heavy atom. The molecule has 0 aliphatic carbocycles. The summed E-state index contributed by atoms with van der Waals surface area (Å²) < 4.78 is 0. The van der Waals surface area contributed by atoms with E-state index in [0.29, 0.717) is 0 Å². The molecule has 0 spiro atoms. The lowest BCUT2D eigenvalue weighted by Crippen LogP contribution is -2.10. The van der Waals surface area contributed by atoms with Crippen LogP contribution in [-0.4, -0.2) is 6.21 Å². The first-order valence-corrected chi connectivity index (χ1v) is 17.8. The minimum atomic E-state index is 1.01. The summed E-state index contributed by atoms with van der Waals surface area (Å²) in [4.78, 5) is 2.29. The molecule has 7 aromatic carbocycles. The number of hydrazone groups is 1. The van der Waals surface area contributed by atoms with E-state index in [9.17, 15) is 0 Å². The van der Waals surface area contributed by atoms with Crippen molar-refractivity contribution < 1.29 is 0 Å². The number of anilines is 5. The van der Waals surface area contributed by atoms with E-state index in [1.807, 2.05) is 11.2 Å². The first-order chi connectivity index (χ1) is 25.4. The largest absolute Gasteiger partial charge is 0.311 e. The highest BCUT2D eigenvalue weighted by atomic mass is 15.5. The molecule has 0 aliphatic heterocycles. The number of benzene rings is 7. The summed E-state index contributed by atoms with van der Waals surface area (Å²) in [5.74, 6) is 0. The predicted molar refractivity (Wildman–Crippen MR) is 223 cm³/mol. The molecule has 0 saturated carbocycles. The average Bonchev–Trinajstić information content (AvgIpc) is 3.18. The fourth-order valence-electron chi connectivity index (χ4n) is 6.20. The molecule has 52 heavy (non-hydrogen) atoms. The van der Waals surface area contributed by atoms with Crippen LogP contribution in [0.4, 0.5) is 28.4 Å². The van der Waals surface area contributed by atoms with Crippen LogP contribution in [0.5, 0.6) is 0 Å². The highest BCUT2D eigenvalue weighted by molar-refractivity contribution is 5.92. The number of hydrogen-bond donors (Lipinski definition) is 0. The molecule has 3 heteroatoms. The summed E-state index contributed by atoms with van der Waals surface area (Å²) in [6, 6.07) is 62.4. The number of rotatable bonds is 10. The number of nitrogens with zero attached hydrogens (tertiary/aromatic N) is 3. The van der Waals surface area contributed by atoms with Gasteiger partial charge in [-0.2, -0.15) is 5.10 Å². The van der Waals surface area contributed by atoms with E-state index in [2.05, 4.69) is 215 Å². The molecule has 0 aromatic heterocycles. The van der Waals surface area contributed by atoms with Gasteiger partial charge in [0.15, 0.2) is 0 Å². The molecule has 0 heterocycles. The Labute approximate surface area is 308 Å². The van der Waals surface area contributed by atoms with Crippen LogP contribution < -0.4 is 9.91 Å². The van der Waals surface area contributed by atoms with Gasteiger partial charge in [0.2, 0.25) is 0 Å². The van der Waals surface area contributed by atoms with E-state index in [1.165, 1.54) is 39.0 Å². The van der Waals surface area contributed by atoms with Gasteiger partial charge in [-0.25, -0.2) is 5.01 Å². The van der Waals surface area contributed by atoms with E-state index in [1.54, 1.807) is 0 Å².